The minimum absolute atomic E-state index is 0.421. The number of esters is 2. The zero-order valence-corrected chi connectivity index (χ0v) is 16.4. The normalized spacial score (nSPS) is 10.2. The van der Waals surface area contributed by atoms with Crippen LogP contribution >= 0.6 is 0 Å². The molecule has 0 N–H and O–H groups in total. The van der Waals surface area contributed by atoms with Crippen LogP contribution in [0.15, 0.2) is 109 Å². The molecular weight excluding hydrogens is 392 g/mol. The van der Waals surface area contributed by atoms with Crippen LogP contribution in [0.1, 0.15) is 20.7 Å². The van der Waals surface area contributed by atoms with E-state index in [-0.39, 0.29) is 0 Å². The lowest BCUT2D eigenvalue weighted by molar-refractivity contribution is 0.0725. The van der Waals surface area contributed by atoms with E-state index < -0.39 is 11.9 Å². The number of ether oxygens (including phenoxy) is 3. The SMILES string of the molecule is O=C(Oc1ccc(Oc2ccc(OC(=O)c3ccccc3)cc2)cc1)c1ccccc1. The summed E-state index contributed by atoms with van der Waals surface area (Å²) in [6.45, 7) is 0. The van der Waals surface area contributed by atoms with Crippen molar-refractivity contribution >= 4 is 11.9 Å². The van der Waals surface area contributed by atoms with Gasteiger partial charge in [0.05, 0.1) is 11.1 Å². The second kappa shape index (κ2) is 9.41. The molecule has 0 saturated carbocycles. The van der Waals surface area contributed by atoms with E-state index in [1.54, 1.807) is 97.1 Å². The van der Waals surface area contributed by atoms with Crippen LogP contribution in [0.3, 0.4) is 0 Å². The Hall–Kier alpha value is -4.38. The third-order valence-corrected chi connectivity index (χ3v) is 4.32. The van der Waals surface area contributed by atoms with Crippen LogP contribution in [0.5, 0.6) is 23.0 Å². The molecule has 0 bridgehead atoms. The second-order valence-electron chi connectivity index (χ2n) is 6.56. The van der Waals surface area contributed by atoms with E-state index in [1.807, 2.05) is 12.1 Å². The molecule has 4 aromatic rings. The highest BCUT2D eigenvalue weighted by atomic mass is 16.5. The Bertz CT molecular complexity index is 1060. The maximum absolute atomic E-state index is 12.1. The number of benzene rings is 4. The summed E-state index contributed by atoms with van der Waals surface area (Å²) in [5, 5.41) is 0. The highest BCUT2D eigenvalue weighted by Gasteiger charge is 2.09. The van der Waals surface area contributed by atoms with Crippen molar-refractivity contribution in [3.05, 3.63) is 120 Å². The summed E-state index contributed by atoms with van der Waals surface area (Å²) in [6, 6.07) is 31.0. The average Bonchev–Trinajstić information content (AvgIpc) is 2.82. The first-order valence-corrected chi connectivity index (χ1v) is 9.60. The lowest BCUT2D eigenvalue weighted by Crippen LogP contribution is -2.08. The quantitative estimate of drug-likeness (QED) is 0.292. The van der Waals surface area contributed by atoms with Gasteiger partial charge in [-0.1, -0.05) is 36.4 Å². The molecule has 0 heterocycles. The van der Waals surface area contributed by atoms with E-state index in [9.17, 15) is 9.59 Å². The maximum atomic E-state index is 12.1. The molecule has 0 atom stereocenters. The molecule has 5 nitrogen and oxygen atoms in total. The van der Waals surface area contributed by atoms with Crippen molar-refractivity contribution in [3.63, 3.8) is 0 Å². The number of carbonyl (C=O) groups excluding carboxylic acids is 2. The first-order chi connectivity index (χ1) is 15.2. The van der Waals surface area contributed by atoms with Crippen LogP contribution in [0.4, 0.5) is 0 Å². The van der Waals surface area contributed by atoms with Crippen LogP contribution < -0.4 is 14.2 Å². The summed E-state index contributed by atoms with van der Waals surface area (Å²) >= 11 is 0. The standard InChI is InChI=1S/C26H18O5/c27-25(19-7-3-1-4-8-19)30-23-15-11-21(12-16-23)29-22-13-17-24(18-14-22)31-26(28)20-9-5-2-6-10-20/h1-18H. The lowest BCUT2D eigenvalue weighted by atomic mass is 10.2. The van der Waals surface area contributed by atoms with Gasteiger partial charge in [-0.25, -0.2) is 9.59 Å². The van der Waals surface area contributed by atoms with E-state index in [4.69, 9.17) is 14.2 Å². The van der Waals surface area contributed by atoms with E-state index >= 15 is 0 Å². The van der Waals surface area contributed by atoms with Gasteiger partial charge >= 0.3 is 11.9 Å². The van der Waals surface area contributed by atoms with Crippen molar-refractivity contribution in [3.8, 4) is 23.0 Å². The van der Waals surface area contributed by atoms with Crippen molar-refractivity contribution in [1.82, 2.24) is 0 Å². The molecule has 4 rings (SSSR count). The highest BCUT2D eigenvalue weighted by molar-refractivity contribution is 5.91. The molecule has 0 aliphatic heterocycles. The van der Waals surface area contributed by atoms with Gasteiger partial charge in [-0.3, -0.25) is 0 Å². The molecule has 0 aliphatic rings. The average molecular weight is 410 g/mol. The summed E-state index contributed by atoms with van der Waals surface area (Å²) < 4.78 is 16.5. The fraction of sp³-hybridized carbons (Fsp3) is 0. The van der Waals surface area contributed by atoms with Gasteiger partial charge in [0.2, 0.25) is 0 Å². The number of hydrogen-bond donors (Lipinski definition) is 0. The Morgan fingerprint density at radius 2 is 0.742 bits per heavy atom. The van der Waals surface area contributed by atoms with Crippen LogP contribution in [-0.4, -0.2) is 11.9 Å². The van der Waals surface area contributed by atoms with E-state index in [1.165, 1.54) is 0 Å². The Morgan fingerprint density at radius 1 is 0.419 bits per heavy atom. The predicted molar refractivity (Wildman–Crippen MR) is 116 cm³/mol. The molecule has 0 amide bonds. The van der Waals surface area contributed by atoms with Crippen molar-refractivity contribution in [2.75, 3.05) is 0 Å². The zero-order valence-electron chi connectivity index (χ0n) is 16.4. The summed E-state index contributed by atoms with van der Waals surface area (Å²) in [6.07, 6.45) is 0. The molecule has 4 aromatic carbocycles. The summed E-state index contributed by atoms with van der Waals surface area (Å²) in [4.78, 5) is 24.2. The monoisotopic (exact) mass is 410 g/mol. The Balaban J connectivity index is 1.34. The van der Waals surface area contributed by atoms with Crippen LogP contribution in [0.25, 0.3) is 0 Å². The van der Waals surface area contributed by atoms with Crippen molar-refractivity contribution < 1.29 is 23.8 Å². The molecule has 0 unspecified atom stereocenters. The van der Waals surface area contributed by atoms with Crippen LogP contribution in [-0.2, 0) is 0 Å². The number of carbonyl (C=O) groups is 2. The Labute approximate surface area is 179 Å². The van der Waals surface area contributed by atoms with Crippen LogP contribution in [0.2, 0.25) is 0 Å². The molecule has 5 heteroatoms. The fourth-order valence-electron chi connectivity index (χ4n) is 2.77. The van der Waals surface area contributed by atoms with Crippen LogP contribution in [0, 0.1) is 0 Å². The molecule has 0 radical (unpaired) electrons. The first kappa shape index (κ1) is 19.9. The second-order valence-corrected chi connectivity index (χ2v) is 6.56. The lowest BCUT2D eigenvalue weighted by Gasteiger charge is -2.09. The predicted octanol–water partition coefficient (Wildman–Crippen LogP) is 5.92. The Morgan fingerprint density at radius 3 is 1.10 bits per heavy atom. The molecule has 152 valence electrons. The van der Waals surface area contributed by atoms with Gasteiger partial charge in [-0.05, 0) is 72.8 Å². The van der Waals surface area contributed by atoms with Gasteiger partial charge in [-0.15, -0.1) is 0 Å². The minimum Gasteiger partial charge on any atom is -0.457 e. The van der Waals surface area contributed by atoms with Gasteiger partial charge in [0, 0.05) is 0 Å². The molecular formula is C26H18O5. The fourth-order valence-corrected chi connectivity index (χ4v) is 2.77. The third-order valence-electron chi connectivity index (χ3n) is 4.32. The summed E-state index contributed by atoms with van der Waals surface area (Å²) in [5.74, 6) is 1.15. The van der Waals surface area contributed by atoms with Crippen molar-refractivity contribution in [1.29, 1.82) is 0 Å². The largest absolute Gasteiger partial charge is 0.457 e. The Kier molecular flexibility index (Phi) is 6.05. The highest BCUT2D eigenvalue weighted by Crippen LogP contribution is 2.26. The third kappa shape index (κ3) is 5.36. The van der Waals surface area contributed by atoms with Gasteiger partial charge in [-0.2, -0.15) is 0 Å². The van der Waals surface area contributed by atoms with Gasteiger partial charge in [0.15, 0.2) is 0 Å². The van der Waals surface area contributed by atoms with Gasteiger partial charge in [0.1, 0.15) is 23.0 Å². The van der Waals surface area contributed by atoms with E-state index in [0.29, 0.717) is 34.1 Å². The zero-order chi connectivity index (χ0) is 21.5. The molecule has 0 aliphatic carbocycles. The van der Waals surface area contributed by atoms with E-state index in [2.05, 4.69) is 0 Å². The summed E-state index contributed by atoms with van der Waals surface area (Å²) in [5.41, 5.74) is 0.965. The molecule has 0 spiro atoms. The summed E-state index contributed by atoms with van der Waals surface area (Å²) in [7, 11) is 0. The number of rotatable bonds is 6. The smallest absolute Gasteiger partial charge is 0.343 e. The van der Waals surface area contributed by atoms with Crippen molar-refractivity contribution in [2.24, 2.45) is 0 Å². The maximum Gasteiger partial charge on any atom is 0.343 e. The topological polar surface area (TPSA) is 61.8 Å². The van der Waals surface area contributed by atoms with E-state index in [0.717, 1.165) is 0 Å². The molecule has 0 aromatic heterocycles. The van der Waals surface area contributed by atoms with Gasteiger partial charge in [0.25, 0.3) is 0 Å². The van der Waals surface area contributed by atoms with Gasteiger partial charge < -0.3 is 14.2 Å². The minimum atomic E-state index is -0.421. The molecule has 0 saturated heterocycles. The number of hydrogen-bond acceptors (Lipinski definition) is 5. The molecule has 0 fully saturated rings. The van der Waals surface area contributed by atoms with Crippen molar-refractivity contribution in [2.45, 2.75) is 0 Å². The first-order valence-electron chi connectivity index (χ1n) is 9.60. The molecule has 31 heavy (non-hydrogen) atoms.